The summed E-state index contributed by atoms with van der Waals surface area (Å²) in [7, 11) is 3.10. The Bertz CT molecular complexity index is 1210. The lowest BCUT2D eigenvalue weighted by Crippen LogP contribution is -2.47. The molecule has 1 atom stereocenters. The van der Waals surface area contributed by atoms with Crippen molar-refractivity contribution in [3.05, 3.63) is 65.4 Å². The Labute approximate surface area is 195 Å². The molecule has 0 radical (unpaired) electrons. The summed E-state index contributed by atoms with van der Waals surface area (Å²) in [6.45, 7) is 2.88. The summed E-state index contributed by atoms with van der Waals surface area (Å²) in [6.07, 6.45) is 0. The molecule has 2 N–H and O–H groups in total. The van der Waals surface area contributed by atoms with Crippen molar-refractivity contribution in [2.45, 2.75) is 13.0 Å². The van der Waals surface area contributed by atoms with E-state index in [4.69, 9.17) is 26.2 Å². The van der Waals surface area contributed by atoms with E-state index in [0.717, 1.165) is 11.3 Å². The second-order valence-electron chi connectivity index (χ2n) is 7.39. The number of nitrogens with one attached hydrogen (secondary N) is 1. The number of aromatic nitrogens is 2. The Morgan fingerprint density at radius 1 is 1.24 bits per heavy atom. The standard InChI is InChI=1S/C23H23FN4O4S/c1-13-19(22-26-21(27-32-22)15-5-4-6-16(24)11-15)20(25-23(33)28(13)9-10-30-2)14-7-8-18(31-3)17(29)12-14/h4-8,11-12,20,29H,9-10H2,1-3H3,(H,25,33). The maximum Gasteiger partial charge on any atom is 0.258 e. The van der Waals surface area contributed by atoms with Crippen LogP contribution >= 0.6 is 12.2 Å². The Morgan fingerprint density at radius 2 is 2.06 bits per heavy atom. The molecule has 0 saturated carbocycles. The van der Waals surface area contributed by atoms with Gasteiger partial charge in [0.15, 0.2) is 16.6 Å². The molecule has 2 heterocycles. The van der Waals surface area contributed by atoms with E-state index < -0.39 is 11.9 Å². The van der Waals surface area contributed by atoms with Gasteiger partial charge in [0, 0.05) is 24.9 Å². The van der Waals surface area contributed by atoms with Crippen LogP contribution in [-0.2, 0) is 4.74 Å². The number of nitrogens with zero attached hydrogens (tertiary/aromatic N) is 3. The lowest BCUT2D eigenvalue weighted by Gasteiger charge is -2.37. The molecule has 4 rings (SSSR count). The third-order valence-electron chi connectivity index (χ3n) is 5.39. The number of halogens is 1. The minimum atomic E-state index is -0.478. The zero-order chi connectivity index (χ0) is 23.5. The van der Waals surface area contributed by atoms with Gasteiger partial charge in [-0.25, -0.2) is 4.39 Å². The number of thiocarbonyl (C=S) groups is 1. The fraction of sp³-hybridized carbons (Fsp3) is 0.261. The van der Waals surface area contributed by atoms with Gasteiger partial charge in [0.1, 0.15) is 5.82 Å². The minimum absolute atomic E-state index is 0.00693. The number of phenolic OH excluding ortho intramolecular Hbond substituents is 1. The first-order chi connectivity index (χ1) is 15.9. The fourth-order valence-corrected chi connectivity index (χ4v) is 4.07. The maximum absolute atomic E-state index is 13.7. The smallest absolute Gasteiger partial charge is 0.258 e. The molecule has 3 aromatic rings. The van der Waals surface area contributed by atoms with Crippen LogP contribution in [0.2, 0.25) is 0 Å². The molecule has 0 aliphatic carbocycles. The summed E-state index contributed by atoms with van der Waals surface area (Å²) in [5.74, 6) is 0.471. The van der Waals surface area contributed by atoms with Crippen molar-refractivity contribution < 1.29 is 23.5 Å². The molecule has 33 heavy (non-hydrogen) atoms. The van der Waals surface area contributed by atoms with Gasteiger partial charge in [0.05, 0.1) is 25.3 Å². The van der Waals surface area contributed by atoms with Gasteiger partial charge in [-0.3, -0.25) is 0 Å². The molecular weight excluding hydrogens is 447 g/mol. The summed E-state index contributed by atoms with van der Waals surface area (Å²) < 4.78 is 29.7. The number of methoxy groups -OCH3 is 2. The van der Waals surface area contributed by atoms with E-state index in [2.05, 4.69) is 15.5 Å². The third kappa shape index (κ3) is 4.53. The molecule has 10 heteroatoms. The molecule has 172 valence electrons. The molecule has 0 spiro atoms. The number of hydrogen-bond acceptors (Lipinski definition) is 7. The SMILES string of the molecule is COCCN1C(=S)NC(c2ccc(OC)c(O)c2)C(c2nc(-c3cccc(F)c3)no2)=C1C. The van der Waals surface area contributed by atoms with Crippen molar-refractivity contribution in [1.29, 1.82) is 0 Å². The summed E-state index contributed by atoms with van der Waals surface area (Å²) >= 11 is 5.60. The molecule has 1 aliphatic rings. The molecule has 0 bridgehead atoms. The molecule has 1 unspecified atom stereocenters. The van der Waals surface area contributed by atoms with Crippen molar-refractivity contribution in [3.63, 3.8) is 0 Å². The molecule has 0 fully saturated rings. The van der Waals surface area contributed by atoms with Gasteiger partial charge in [-0.05, 0) is 49.0 Å². The van der Waals surface area contributed by atoms with Crippen molar-refractivity contribution >= 4 is 22.9 Å². The van der Waals surface area contributed by atoms with Gasteiger partial charge in [-0.2, -0.15) is 4.98 Å². The molecule has 0 saturated heterocycles. The highest BCUT2D eigenvalue weighted by Gasteiger charge is 2.34. The molecule has 0 amide bonds. The number of rotatable bonds is 7. The quantitative estimate of drug-likeness (QED) is 0.499. The van der Waals surface area contributed by atoms with Crippen LogP contribution in [0.5, 0.6) is 11.5 Å². The normalized spacial score (nSPS) is 16.2. The first kappa shape index (κ1) is 22.7. The van der Waals surface area contributed by atoms with Crippen molar-refractivity contribution in [3.8, 4) is 22.9 Å². The zero-order valence-corrected chi connectivity index (χ0v) is 19.1. The number of phenols is 1. The summed E-state index contributed by atoms with van der Waals surface area (Å²) in [6, 6.07) is 10.6. The van der Waals surface area contributed by atoms with E-state index >= 15 is 0 Å². The van der Waals surface area contributed by atoms with Crippen LogP contribution in [0.25, 0.3) is 17.0 Å². The van der Waals surface area contributed by atoms with Gasteiger partial charge < -0.3 is 29.3 Å². The lowest BCUT2D eigenvalue weighted by molar-refractivity contribution is 0.183. The summed E-state index contributed by atoms with van der Waals surface area (Å²) in [4.78, 5) is 6.43. The van der Waals surface area contributed by atoms with Crippen LogP contribution in [-0.4, -0.2) is 52.6 Å². The molecular formula is C23H23FN4O4S. The second kappa shape index (κ2) is 9.55. The lowest BCUT2D eigenvalue weighted by atomic mass is 9.94. The van der Waals surface area contributed by atoms with Crippen LogP contribution in [0.1, 0.15) is 24.4 Å². The van der Waals surface area contributed by atoms with E-state index in [9.17, 15) is 9.50 Å². The number of ether oxygens (including phenoxy) is 2. The van der Waals surface area contributed by atoms with Crippen molar-refractivity contribution in [1.82, 2.24) is 20.4 Å². The topological polar surface area (TPSA) is 92.9 Å². The molecule has 1 aliphatic heterocycles. The number of aromatic hydroxyl groups is 1. The largest absolute Gasteiger partial charge is 0.504 e. The van der Waals surface area contributed by atoms with Crippen LogP contribution in [0.3, 0.4) is 0 Å². The van der Waals surface area contributed by atoms with Crippen molar-refractivity contribution in [2.75, 3.05) is 27.4 Å². The average Bonchev–Trinajstić information content (AvgIpc) is 3.28. The molecule has 2 aromatic carbocycles. The predicted molar refractivity (Wildman–Crippen MR) is 124 cm³/mol. The first-order valence-corrected chi connectivity index (χ1v) is 10.6. The minimum Gasteiger partial charge on any atom is -0.504 e. The van der Waals surface area contributed by atoms with Crippen LogP contribution in [0.15, 0.2) is 52.7 Å². The van der Waals surface area contributed by atoms with Gasteiger partial charge >= 0.3 is 0 Å². The van der Waals surface area contributed by atoms with E-state index in [-0.39, 0.29) is 17.5 Å². The van der Waals surface area contributed by atoms with Gasteiger partial charge in [-0.15, -0.1) is 0 Å². The summed E-state index contributed by atoms with van der Waals surface area (Å²) in [5.41, 5.74) is 2.70. The highest BCUT2D eigenvalue weighted by atomic mass is 32.1. The highest BCUT2D eigenvalue weighted by Crippen LogP contribution is 2.39. The third-order valence-corrected chi connectivity index (χ3v) is 5.73. The Kier molecular flexibility index (Phi) is 6.57. The summed E-state index contributed by atoms with van der Waals surface area (Å²) in [5, 5.41) is 18.2. The fourth-order valence-electron chi connectivity index (χ4n) is 3.72. The van der Waals surface area contributed by atoms with Gasteiger partial charge in [0.2, 0.25) is 5.82 Å². The Morgan fingerprint density at radius 3 is 2.76 bits per heavy atom. The monoisotopic (exact) mass is 470 g/mol. The number of benzene rings is 2. The Balaban J connectivity index is 1.81. The van der Waals surface area contributed by atoms with E-state index in [1.807, 2.05) is 17.9 Å². The number of allylic oxidation sites excluding steroid dienone is 1. The van der Waals surface area contributed by atoms with Crippen molar-refractivity contribution in [2.24, 2.45) is 0 Å². The van der Waals surface area contributed by atoms with E-state index in [1.54, 1.807) is 31.4 Å². The van der Waals surface area contributed by atoms with Gasteiger partial charge in [0.25, 0.3) is 5.89 Å². The highest BCUT2D eigenvalue weighted by molar-refractivity contribution is 7.80. The van der Waals surface area contributed by atoms with E-state index in [1.165, 1.54) is 19.2 Å². The predicted octanol–water partition coefficient (Wildman–Crippen LogP) is 3.90. The second-order valence-corrected chi connectivity index (χ2v) is 7.78. The van der Waals surface area contributed by atoms with Crippen LogP contribution in [0, 0.1) is 5.82 Å². The molecule has 8 nitrogen and oxygen atoms in total. The first-order valence-electron chi connectivity index (χ1n) is 10.2. The molecule has 1 aromatic heterocycles. The average molecular weight is 471 g/mol. The Hall–Kier alpha value is -3.50. The van der Waals surface area contributed by atoms with Crippen LogP contribution in [0.4, 0.5) is 4.39 Å². The van der Waals surface area contributed by atoms with Gasteiger partial charge in [-0.1, -0.05) is 23.4 Å². The maximum atomic E-state index is 13.7. The van der Waals surface area contributed by atoms with Crippen LogP contribution < -0.4 is 10.1 Å². The zero-order valence-electron chi connectivity index (χ0n) is 18.3. The number of hydrogen-bond donors (Lipinski definition) is 2. The van der Waals surface area contributed by atoms with E-state index in [0.29, 0.717) is 35.2 Å².